The summed E-state index contributed by atoms with van der Waals surface area (Å²) in [6.07, 6.45) is -7.01. The first-order valence-corrected chi connectivity index (χ1v) is 7.04. The minimum absolute atomic E-state index is 0.110. The number of halogens is 3. The second kappa shape index (κ2) is 6.36. The van der Waals surface area contributed by atoms with Crippen LogP contribution in [0.15, 0.2) is 18.2 Å². The first-order chi connectivity index (χ1) is 11.1. The molecule has 1 aromatic rings. The van der Waals surface area contributed by atoms with E-state index in [0.29, 0.717) is 0 Å². The van der Waals surface area contributed by atoms with Gasteiger partial charge in [-0.3, -0.25) is 9.69 Å². The SMILES string of the molecule is CC[C@]1(C(O)C(=O)O)OCCN(c2cccc(C(F)(F)F)n2)C1=O. The molecule has 1 unspecified atom stereocenters. The van der Waals surface area contributed by atoms with E-state index in [0.717, 1.165) is 17.0 Å². The number of aliphatic carboxylic acids is 1. The summed E-state index contributed by atoms with van der Waals surface area (Å²) in [5, 5.41) is 18.8. The summed E-state index contributed by atoms with van der Waals surface area (Å²) in [6.45, 7) is 1.18. The van der Waals surface area contributed by atoms with Crippen LogP contribution in [0.3, 0.4) is 0 Å². The predicted molar refractivity (Wildman–Crippen MR) is 74.2 cm³/mol. The van der Waals surface area contributed by atoms with Gasteiger partial charge in [0.1, 0.15) is 11.5 Å². The Morgan fingerprint density at radius 2 is 2.17 bits per heavy atom. The fraction of sp³-hybridized carbons (Fsp3) is 0.500. The van der Waals surface area contributed by atoms with Gasteiger partial charge in [0.2, 0.25) is 0 Å². The fourth-order valence-electron chi connectivity index (χ4n) is 2.50. The molecule has 10 heteroatoms. The van der Waals surface area contributed by atoms with Gasteiger partial charge in [-0.2, -0.15) is 13.2 Å². The Bertz CT molecular complexity index is 652. The van der Waals surface area contributed by atoms with Crippen molar-refractivity contribution in [1.82, 2.24) is 4.98 Å². The maximum Gasteiger partial charge on any atom is 0.433 e. The summed E-state index contributed by atoms with van der Waals surface area (Å²) >= 11 is 0. The minimum Gasteiger partial charge on any atom is -0.479 e. The number of morpholine rings is 1. The number of carboxylic acids is 1. The van der Waals surface area contributed by atoms with Crippen molar-refractivity contribution in [3.63, 3.8) is 0 Å². The van der Waals surface area contributed by atoms with Gasteiger partial charge in [0.15, 0.2) is 11.7 Å². The highest BCUT2D eigenvalue weighted by Crippen LogP contribution is 2.32. The van der Waals surface area contributed by atoms with Crippen LogP contribution in [0.25, 0.3) is 0 Å². The van der Waals surface area contributed by atoms with Gasteiger partial charge >= 0.3 is 12.1 Å². The van der Waals surface area contributed by atoms with Crippen LogP contribution in [0.2, 0.25) is 0 Å². The molecule has 1 fully saturated rings. The van der Waals surface area contributed by atoms with Crippen molar-refractivity contribution < 1.29 is 37.7 Å². The van der Waals surface area contributed by atoms with Crippen molar-refractivity contribution in [2.24, 2.45) is 0 Å². The standard InChI is InChI=1S/C14H15F3N2O5/c1-2-13(10(20)11(21)22)12(23)19(6-7-24-13)9-5-3-4-8(18-9)14(15,16)17/h3-5,10,20H,2,6-7H2,1H3,(H,21,22)/t10?,13-/m1/s1. The van der Waals surface area contributed by atoms with Gasteiger partial charge < -0.3 is 14.9 Å². The molecule has 0 aliphatic carbocycles. The van der Waals surface area contributed by atoms with Crippen molar-refractivity contribution in [3.05, 3.63) is 23.9 Å². The lowest BCUT2D eigenvalue weighted by Gasteiger charge is -2.41. The Balaban J connectivity index is 2.42. The fourth-order valence-corrected chi connectivity index (χ4v) is 2.50. The Hall–Kier alpha value is -2.20. The van der Waals surface area contributed by atoms with E-state index >= 15 is 0 Å². The number of hydrogen-bond donors (Lipinski definition) is 2. The Labute approximate surface area is 134 Å². The summed E-state index contributed by atoms with van der Waals surface area (Å²) in [5.41, 5.74) is -3.25. The molecule has 0 saturated carbocycles. The largest absolute Gasteiger partial charge is 0.479 e. The van der Waals surface area contributed by atoms with Crippen LogP contribution in [-0.2, 0) is 20.5 Å². The van der Waals surface area contributed by atoms with E-state index in [9.17, 15) is 27.9 Å². The van der Waals surface area contributed by atoms with Crippen LogP contribution < -0.4 is 4.90 Å². The van der Waals surface area contributed by atoms with Crippen molar-refractivity contribution in [3.8, 4) is 0 Å². The van der Waals surface area contributed by atoms with Gasteiger partial charge in [-0.1, -0.05) is 13.0 Å². The summed E-state index contributed by atoms with van der Waals surface area (Å²) < 4.78 is 43.6. The zero-order valence-electron chi connectivity index (χ0n) is 12.6. The number of carbonyl (C=O) groups is 2. The number of rotatable bonds is 4. The molecule has 1 aliphatic rings. The van der Waals surface area contributed by atoms with Crippen LogP contribution in [0, 0.1) is 0 Å². The number of nitrogens with zero attached hydrogens (tertiary/aromatic N) is 2. The topological polar surface area (TPSA) is 100.0 Å². The third-order valence-electron chi connectivity index (χ3n) is 3.78. The zero-order valence-corrected chi connectivity index (χ0v) is 12.6. The molecule has 2 N–H and O–H groups in total. The maximum absolute atomic E-state index is 12.8. The van der Waals surface area contributed by atoms with Gasteiger partial charge in [-0.25, -0.2) is 9.78 Å². The number of amides is 1. The molecule has 0 spiro atoms. The molecule has 0 aromatic carbocycles. The third kappa shape index (κ3) is 3.06. The quantitative estimate of drug-likeness (QED) is 0.844. The molecule has 2 heterocycles. The predicted octanol–water partition coefficient (Wildman–Crippen LogP) is 1.06. The van der Waals surface area contributed by atoms with Crippen LogP contribution in [-0.4, -0.2) is 51.9 Å². The average Bonchev–Trinajstić information content (AvgIpc) is 2.54. The highest BCUT2D eigenvalue weighted by molar-refractivity contribution is 6.02. The zero-order chi connectivity index (χ0) is 18.1. The third-order valence-corrected chi connectivity index (χ3v) is 3.78. The normalized spacial score (nSPS) is 23.2. The lowest BCUT2D eigenvalue weighted by Crippen LogP contribution is -2.64. The van der Waals surface area contributed by atoms with E-state index in [2.05, 4.69) is 4.98 Å². The van der Waals surface area contributed by atoms with E-state index in [1.807, 2.05) is 0 Å². The van der Waals surface area contributed by atoms with Gasteiger partial charge in [0.05, 0.1) is 13.2 Å². The van der Waals surface area contributed by atoms with Crippen LogP contribution >= 0.6 is 0 Å². The van der Waals surface area contributed by atoms with Crippen molar-refractivity contribution in [2.45, 2.75) is 31.2 Å². The van der Waals surface area contributed by atoms with Crippen LogP contribution in [0.1, 0.15) is 19.0 Å². The number of pyridine rings is 1. The Morgan fingerprint density at radius 1 is 1.50 bits per heavy atom. The van der Waals surface area contributed by atoms with Gasteiger partial charge in [0, 0.05) is 0 Å². The van der Waals surface area contributed by atoms with Crippen LogP contribution in [0.4, 0.5) is 19.0 Å². The molecule has 132 valence electrons. The highest BCUT2D eigenvalue weighted by Gasteiger charge is 2.53. The molecular formula is C14H15F3N2O5. The smallest absolute Gasteiger partial charge is 0.433 e. The van der Waals surface area contributed by atoms with Gasteiger partial charge in [-0.05, 0) is 18.6 Å². The number of ether oxygens (including phenoxy) is 1. The maximum atomic E-state index is 12.8. The second-order valence-corrected chi connectivity index (χ2v) is 5.17. The van der Waals surface area contributed by atoms with E-state index in [4.69, 9.17) is 9.84 Å². The minimum atomic E-state index is -4.69. The lowest BCUT2D eigenvalue weighted by molar-refractivity contribution is -0.185. The van der Waals surface area contributed by atoms with E-state index in [1.54, 1.807) is 0 Å². The number of carbonyl (C=O) groups excluding carboxylic acids is 1. The summed E-state index contributed by atoms with van der Waals surface area (Å²) in [6, 6.07) is 3.05. The molecule has 7 nitrogen and oxygen atoms in total. The van der Waals surface area contributed by atoms with Crippen molar-refractivity contribution in [1.29, 1.82) is 0 Å². The highest BCUT2D eigenvalue weighted by atomic mass is 19.4. The van der Waals surface area contributed by atoms with Gasteiger partial charge in [0.25, 0.3) is 5.91 Å². The molecule has 0 radical (unpaired) electrons. The molecule has 0 bridgehead atoms. The number of alkyl halides is 3. The number of hydrogen-bond acceptors (Lipinski definition) is 5. The number of aromatic nitrogens is 1. The second-order valence-electron chi connectivity index (χ2n) is 5.17. The molecule has 1 amide bonds. The first-order valence-electron chi connectivity index (χ1n) is 7.04. The molecule has 24 heavy (non-hydrogen) atoms. The van der Waals surface area contributed by atoms with Crippen LogP contribution in [0.5, 0.6) is 0 Å². The number of anilines is 1. The van der Waals surface area contributed by atoms with E-state index in [-0.39, 0.29) is 25.4 Å². The molecule has 1 aliphatic heterocycles. The molecule has 2 atom stereocenters. The Kier molecular flexibility index (Phi) is 4.81. The number of aliphatic hydroxyl groups is 1. The summed E-state index contributed by atoms with van der Waals surface area (Å²) in [4.78, 5) is 28.0. The molecular weight excluding hydrogens is 333 g/mol. The molecule has 1 aromatic heterocycles. The van der Waals surface area contributed by atoms with Crippen molar-refractivity contribution in [2.75, 3.05) is 18.1 Å². The monoisotopic (exact) mass is 348 g/mol. The summed E-state index contributed by atoms with van der Waals surface area (Å²) in [7, 11) is 0. The van der Waals surface area contributed by atoms with Gasteiger partial charge in [-0.15, -0.1) is 0 Å². The lowest BCUT2D eigenvalue weighted by atomic mass is 9.90. The first kappa shape index (κ1) is 18.1. The average molecular weight is 348 g/mol. The Morgan fingerprint density at radius 3 is 2.71 bits per heavy atom. The van der Waals surface area contributed by atoms with Crippen molar-refractivity contribution >= 4 is 17.7 Å². The van der Waals surface area contributed by atoms with E-state index < -0.39 is 35.5 Å². The molecule has 1 saturated heterocycles. The molecule has 2 rings (SSSR count). The van der Waals surface area contributed by atoms with E-state index in [1.165, 1.54) is 13.0 Å². The summed E-state index contributed by atoms with van der Waals surface area (Å²) in [5.74, 6) is -2.89. The number of aliphatic hydroxyl groups excluding tert-OH is 1. The number of carboxylic acid groups (broad SMARTS) is 1.